The number of benzene rings is 2. The Labute approximate surface area is 127 Å². The molecule has 0 saturated carbocycles. The van der Waals surface area contributed by atoms with E-state index < -0.39 is 11.6 Å². The van der Waals surface area contributed by atoms with E-state index in [1.807, 2.05) is 35.0 Å². The van der Waals surface area contributed by atoms with Crippen LogP contribution < -0.4 is 5.73 Å². The van der Waals surface area contributed by atoms with Gasteiger partial charge in [0.2, 0.25) is 0 Å². The molecule has 1 aromatic heterocycles. The Balaban J connectivity index is 1.79. The second kappa shape index (κ2) is 5.97. The topological polar surface area (TPSA) is 43.8 Å². The summed E-state index contributed by atoms with van der Waals surface area (Å²) in [6.07, 6.45) is 4.01. The summed E-state index contributed by atoms with van der Waals surface area (Å²) >= 11 is 0. The van der Waals surface area contributed by atoms with Gasteiger partial charge in [-0.25, -0.2) is 13.8 Å². The van der Waals surface area contributed by atoms with Crippen LogP contribution in [0.25, 0.3) is 0 Å². The molecule has 0 bridgehead atoms. The molecule has 2 N–H and O–H groups in total. The quantitative estimate of drug-likeness (QED) is 0.751. The lowest BCUT2D eigenvalue weighted by atomic mass is 10.1. The van der Waals surface area contributed by atoms with Gasteiger partial charge in [0, 0.05) is 31.0 Å². The molecule has 0 aliphatic rings. The fourth-order valence-corrected chi connectivity index (χ4v) is 2.30. The van der Waals surface area contributed by atoms with Crippen LogP contribution in [-0.4, -0.2) is 9.55 Å². The third-order valence-electron chi connectivity index (χ3n) is 3.48. The zero-order valence-corrected chi connectivity index (χ0v) is 11.8. The fourth-order valence-electron chi connectivity index (χ4n) is 2.30. The first-order chi connectivity index (χ1) is 10.6. The molecular formula is C17H15F2N3. The van der Waals surface area contributed by atoms with Crippen molar-refractivity contribution in [1.29, 1.82) is 0 Å². The number of nitrogens with zero attached hydrogens (tertiary/aromatic N) is 2. The van der Waals surface area contributed by atoms with E-state index in [0.29, 0.717) is 18.5 Å². The van der Waals surface area contributed by atoms with E-state index in [1.165, 1.54) is 6.07 Å². The van der Waals surface area contributed by atoms with Crippen LogP contribution in [-0.2, 0) is 13.0 Å². The van der Waals surface area contributed by atoms with Crippen LogP contribution in [0.5, 0.6) is 0 Å². The first-order valence-electron chi connectivity index (χ1n) is 6.90. The van der Waals surface area contributed by atoms with Gasteiger partial charge in [-0.3, -0.25) is 0 Å². The van der Waals surface area contributed by atoms with Gasteiger partial charge >= 0.3 is 0 Å². The zero-order chi connectivity index (χ0) is 15.5. The van der Waals surface area contributed by atoms with Gasteiger partial charge in [-0.1, -0.05) is 18.2 Å². The molecule has 3 rings (SSSR count). The molecule has 0 unspecified atom stereocenters. The minimum Gasteiger partial charge on any atom is -0.399 e. The van der Waals surface area contributed by atoms with Crippen molar-refractivity contribution >= 4 is 5.69 Å². The average molecular weight is 299 g/mol. The van der Waals surface area contributed by atoms with Crippen molar-refractivity contribution in [3.05, 3.63) is 83.4 Å². The Morgan fingerprint density at radius 3 is 2.41 bits per heavy atom. The molecule has 5 heteroatoms. The summed E-state index contributed by atoms with van der Waals surface area (Å²) in [5, 5.41) is 0. The molecule has 0 radical (unpaired) electrons. The number of aromatic nitrogens is 2. The van der Waals surface area contributed by atoms with Crippen molar-refractivity contribution in [2.45, 2.75) is 13.0 Å². The molecule has 0 saturated heterocycles. The van der Waals surface area contributed by atoms with E-state index in [9.17, 15) is 8.78 Å². The van der Waals surface area contributed by atoms with Gasteiger partial charge in [-0.2, -0.15) is 0 Å². The number of hydrogen-bond acceptors (Lipinski definition) is 2. The van der Waals surface area contributed by atoms with E-state index in [-0.39, 0.29) is 0 Å². The van der Waals surface area contributed by atoms with Crippen molar-refractivity contribution in [1.82, 2.24) is 9.55 Å². The fraction of sp³-hybridized carbons (Fsp3) is 0.118. The molecule has 0 aliphatic heterocycles. The summed E-state index contributed by atoms with van der Waals surface area (Å²) in [6, 6.07) is 11.5. The molecular weight excluding hydrogens is 284 g/mol. The lowest BCUT2D eigenvalue weighted by molar-refractivity contribution is 0.507. The molecule has 3 aromatic rings. The number of imidazole rings is 1. The minimum atomic E-state index is -0.839. The largest absolute Gasteiger partial charge is 0.399 e. The maximum Gasteiger partial charge on any atom is 0.159 e. The summed E-state index contributed by atoms with van der Waals surface area (Å²) in [5.41, 5.74) is 8.17. The second-order valence-electron chi connectivity index (χ2n) is 5.14. The lowest BCUT2D eigenvalue weighted by Gasteiger charge is -2.09. The number of hydrogen-bond donors (Lipinski definition) is 1. The van der Waals surface area contributed by atoms with Crippen LogP contribution in [0.15, 0.2) is 54.9 Å². The highest BCUT2D eigenvalue weighted by Crippen LogP contribution is 2.14. The van der Waals surface area contributed by atoms with E-state index in [0.717, 1.165) is 23.1 Å². The van der Waals surface area contributed by atoms with Gasteiger partial charge in [-0.15, -0.1) is 0 Å². The van der Waals surface area contributed by atoms with Crippen molar-refractivity contribution in [3.63, 3.8) is 0 Å². The number of anilines is 1. The van der Waals surface area contributed by atoms with Gasteiger partial charge in [0.1, 0.15) is 5.82 Å². The molecule has 3 nitrogen and oxygen atoms in total. The number of nitrogens with two attached hydrogens (primary N) is 1. The van der Waals surface area contributed by atoms with Crippen LogP contribution in [0.1, 0.15) is 17.0 Å². The Kier molecular flexibility index (Phi) is 3.87. The molecule has 0 atom stereocenters. The molecule has 0 spiro atoms. The first-order valence-corrected chi connectivity index (χ1v) is 6.90. The second-order valence-corrected chi connectivity index (χ2v) is 5.14. The van der Waals surface area contributed by atoms with E-state index in [2.05, 4.69) is 4.98 Å². The van der Waals surface area contributed by atoms with Gasteiger partial charge in [0.15, 0.2) is 11.6 Å². The molecule has 0 fully saturated rings. The highest BCUT2D eigenvalue weighted by Gasteiger charge is 2.08. The van der Waals surface area contributed by atoms with Gasteiger partial charge in [0.25, 0.3) is 0 Å². The molecule has 0 aliphatic carbocycles. The van der Waals surface area contributed by atoms with Gasteiger partial charge in [-0.05, 0) is 35.4 Å². The Hall–Kier alpha value is -2.69. The molecule has 2 aromatic carbocycles. The summed E-state index contributed by atoms with van der Waals surface area (Å²) in [5.74, 6) is -0.883. The minimum absolute atomic E-state index is 0.444. The highest BCUT2D eigenvalue weighted by molar-refractivity contribution is 5.39. The van der Waals surface area contributed by atoms with Gasteiger partial charge < -0.3 is 10.3 Å². The molecule has 0 amide bonds. The number of nitrogen functional groups attached to an aromatic ring is 1. The monoisotopic (exact) mass is 299 g/mol. The molecule has 1 heterocycles. The van der Waals surface area contributed by atoms with Crippen molar-refractivity contribution in [2.24, 2.45) is 0 Å². The van der Waals surface area contributed by atoms with Crippen molar-refractivity contribution in [2.75, 3.05) is 5.73 Å². The summed E-state index contributed by atoms with van der Waals surface area (Å²) < 4.78 is 28.2. The van der Waals surface area contributed by atoms with Crippen molar-refractivity contribution < 1.29 is 8.78 Å². The summed E-state index contributed by atoms with van der Waals surface area (Å²) in [6.45, 7) is 0.652. The SMILES string of the molecule is Nc1ccc(Cn2ccnc2Cc2ccc(F)c(F)c2)cc1. The van der Waals surface area contributed by atoms with E-state index in [4.69, 9.17) is 5.73 Å². The predicted molar refractivity (Wildman–Crippen MR) is 81.3 cm³/mol. The maximum atomic E-state index is 13.3. The summed E-state index contributed by atoms with van der Waals surface area (Å²) in [7, 11) is 0. The van der Waals surface area contributed by atoms with E-state index >= 15 is 0 Å². The van der Waals surface area contributed by atoms with E-state index in [1.54, 1.807) is 12.3 Å². The predicted octanol–water partition coefficient (Wildman–Crippen LogP) is 3.38. The smallest absolute Gasteiger partial charge is 0.159 e. The number of halogens is 2. The lowest BCUT2D eigenvalue weighted by Crippen LogP contribution is -2.05. The van der Waals surface area contributed by atoms with Gasteiger partial charge in [0.05, 0.1) is 0 Å². The molecule has 22 heavy (non-hydrogen) atoms. The highest BCUT2D eigenvalue weighted by atomic mass is 19.2. The van der Waals surface area contributed by atoms with Crippen molar-refractivity contribution in [3.8, 4) is 0 Å². The third kappa shape index (κ3) is 3.14. The van der Waals surface area contributed by atoms with Crippen LogP contribution in [0.3, 0.4) is 0 Å². The zero-order valence-electron chi connectivity index (χ0n) is 11.8. The van der Waals surface area contributed by atoms with Crippen LogP contribution in [0.2, 0.25) is 0 Å². The van der Waals surface area contributed by atoms with Crippen LogP contribution in [0.4, 0.5) is 14.5 Å². The maximum absolute atomic E-state index is 13.3. The average Bonchev–Trinajstić information content (AvgIpc) is 2.92. The van der Waals surface area contributed by atoms with Crippen LogP contribution in [0, 0.1) is 11.6 Å². The first kappa shape index (κ1) is 14.3. The molecule has 112 valence electrons. The van der Waals surface area contributed by atoms with Crippen LogP contribution >= 0.6 is 0 Å². The Morgan fingerprint density at radius 2 is 1.68 bits per heavy atom. The standard InChI is InChI=1S/C17H15F2N3/c18-15-6-3-13(9-16(15)19)10-17-21-7-8-22(17)11-12-1-4-14(20)5-2-12/h1-9H,10-11,20H2. The Morgan fingerprint density at radius 1 is 0.955 bits per heavy atom. The normalized spacial score (nSPS) is 10.8. The number of rotatable bonds is 4. The third-order valence-corrected chi connectivity index (χ3v) is 3.48. The Bertz CT molecular complexity index is 779. The summed E-state index contributed by atoms with van der Waals surface area (Å²) in [4.78, 5) is 4.30.